The number of benzene rings is 2. The average molecular weight is 773 g/mol. The minimum absolute atomic E-state index is 0.0943. The van der Waals surface area contributed by atoms with Crippen LogP contribution in [0, 0.1) is 0 Å². The lowest BCUT2D eigenvalue weighted by atomic mass is 9.97. The molecule has 3 aliphatic rings. The maximum absolute atomic E-state index is 13.9. The third-order valence-corrected chi connectivity index (χ3v) is 9.40. The van der Waals surface area contributed by atoms with E-state index < -0.39 is 145 Å². The smallest absolute Gasteiger partial charge is 0.239 e. The molecule has 2 aromatic carbocycles. The largest absolute Gasteiger partial charge is 0.507 e. The van der Waals surface area contributed by atoms with Crippen LogP contribution in [0.4, 0.5) is 0 Å². The molecule has 13 N–H and O–H groups in total. The lowest BCUT2D eigenvalue weighted by Gasteiger charge is -2.45. The fraction of sp³-hybridized carbons (Fsp3) is 0.545. The predicted octanol–water partition coefficient (Wildman–Crippen LogP) is -4.21. The van der Waals surface area contributed by atoms with Crippen LogP contribution in [-0.2, 0) is 18.9 Å². The van der Waals surface area contributed by atoms with Crippen molar-refractivity contribution < 1.29 is 99.2 Å². The third kappa shape index (κ3) is 7.27. The molecule has 4 heterocycles. The van der Waals surface area contributed by atoms with Gasteiger partial charge in [-0.2, -0.15) is 0 Å². The van der Waals surface area contributed by atoms with E-state index >= 15 is 0 Å². The molecule has 3 aromatic rings. The van der Waals surface area contributed by atoms with Gasteiger partial charge in [-0.05, 0) is 25.1 Å². The maximum Gasteiger partial charge on any atom is 0.239 e. The Balaban J connectivity index is 1.30. The molecule has 0 amide bonds. The SMILES string of the molecule is C[C@H]1O[C@@H](Oc2cc(O)c3c(=O)c(O[C@@H]4O[C@@H](CO)[C@@H](O)[C@H](O)[C@H]4O)c(-c4ccc(O)c(O)c4)oc3c2)[C@H](O)[C@@H](O)[C@H]1O[C@@H]1O[C@H](CO)[C@@H](O)[C@H](O)[C@H]1O. The first-order chi connectivity index (χ1) is 25.6. The first-order valence-corrected chi connectivity index (χ1v) is 16.5. The van der Waals surface area contributed by atoms with Gasteiger partial charge in [0.25, 0.3) is 0 Å². The molecule has 54 heavy (non-hydrogen) atoms. The highest BCUT2D eigenvalue weighted by Crippen LogP contribution is 2.40. The van der Waals surface area contributed by atoms with Crippen molar-refractivity contribution in [1.82, 2.24) is 0 Å². The summed E-state index contributed by atoms with van der Waals surface area (Å²) in [6.07, 6.45) is -25.1. The van der Waals surface area contributed by atoms with E-state index in [2.05, 4.69) is 0 Å². The molecule has 1 aromatic heterocycles. The Hall–Kier alpha value is -3.91. The molecule has 298 valence electrons. The van der Waals surface area contributed by atoms with Crippen LogP contribution in [0.2, 0.25) is 0 Å². The average Bonchev–Trinajstić information content (AvgIpc) is 3.14. The van der Waals surface area contributed by atoms with Crippen molar-refractivity contribution in [3.8, 4) is 40.1 Å². The Labute approximate surface area is 303 Å². The van der Waals surface area contributed by atoms with Crippen molar-refractivity contribution in [3.05, 3.63) is 40.6 Å². The summed E-state index contributed by atoms with van der Waals surface area (Å²) in [5.41, 5.74) is -1.57. The zero-order valence-corrected chi connectivity index (χ0v) is 28.0. The number of aliphatic hydroxyl groups is 10. The molecular formula is C33H40O21. The number of rotatable bonds is 9. The number of hydrogen-bond donors (Lipinski definition) is 13. The lowest BCUT2D eigenvalue weighted by Crippen LogP contribution is -2.64. The van der Waals surface area contributed by atoms with Crippen LogP contribution in [0.15, 0.2) is 39.5 Å². The Kier molecular flexibility index (Phi) is 11.5. The summed E-state index contributed by atoms with van der Waals surface area (Å²) in [7, 11) is 0. The molecule has 21 heteroatoms. The zero-order chi connectivity index (χ0) is 39.3. The maximum atomic E-state index is 13.9. The van der Waals surface area contributed by atoms with Crippen LogP contribution < -0.4 is 14.9 Å². The second-order valence-corrected chi connectivity index (χ2v) is 13.0. The van der Waals surface area contributed by atoms with Gasteiger partial charge >= 0.3 is 0 Å². The van der Waals surface area contributed by atoms with Crippen molar-refractivity contribution in [1.29, 1.82) is 0 Å². The molecule has 21 nitrogen and oxygen atoms in total. The van der Waals surface area contributed by atoms with Gasteiger partial charge in [0.2, 0.25) is 23.8 Å². The van der Waals surface area contributed by atoms with Crippen LogP contribution in [0.5, 0.6) is 28.7 Å². The Morgan fingerprint density at radius 1 is 0.630 bits per heavy atom. The van der Waals surface area contributed by atoms with E-state index in [9.17, 15) is 71.2 Å². The molecule has 0 aliphatic carbocycles. The standard InChI is InChI=1S/C33H40O21/c1-9-28(53-32-25(45)22(42)19(39)16(7-34)51-32)24(44)27(47)31(48-9)49-11-5-14(38)18-15(6-11)50-29(10-2-3-12(36)13(37)4-10)30(21(18)41)54-33-26(46)23(43)20(40)17(8-35)52-33/h2-6,9,16-17,19-20,22-28,31-40,42-47H,7-8H2,1H3/t9-,16-,17+,19-,20-,22+,23+,24-,25-,26-,27-,28+,31+,32+,33+/m1/s1. The van der Waals surface area contributed by atoms with E-state index in [0.717, 1.165) is 24.3 Å². The predicted molar refractivity (Wildman–Crippen MR) is 173 cm³/mol. The molecule has 6 rings (SSSR count). The topological polar surface area (TPSA) is 349 Å². The summed E-state index contributed by atoms with van der Waals surface area (Å²) in [5.74, 6) is -3.48. The summed E-state index contributed by atoms with van der Waals surface area (Å²) in [4.78, 5) is 13.9. The van der Waals surface area contributed by atoms with Crippen molar-refractivity contribution in [2.75, 3.05) is 13.2 Å². The van der Waals surface area contributed by atoms with Gasteiger partial charge in [0.05, 0.1) is 19.3 Å². The Bertz CT molecular complexity index is 1850. The molecule has 3 fully saturated rings. The number of ether oxygens (including phenoxy) is 6. The summed E-state index contributed by atoms with van der Waals surface area (Å²) >= 11 is 0. The van der Waals surface area contributed by atoms with Gasteiger partial charge in [0, 0.05) is 17.7 Å². The summed E-state index contributed by atoms with van der Waals surface area (Å²) in [5, 5.41) is 133. The molecule has 0 spiro atoms. The van der Waals surface area contributed by atoms with Crippen molar-refractivity contribution in [2.24, 2.45) is 0 Å². The molecular weight excluding hydrogens is 732 g/mol. The van der Waals surface area contributed by atoms with Gasteiger partial charge in [-0.3, -0.25) is 4.79 Å². The third-order valence-electron chi connectivity index (χ3n) is 9.40. The number of aliphatic hydroxyl groups excluding tert-OH is 10. The molecule has 0 unspecified atom stereocenters. The molecule has 0 bridgehead atoms. The number of phenolic OH excluding ortho intramolecular Hbond substituents is 3. The van der Waals surface area contributed by atoms with Crippen LogP contribution in [-0.4, -0.2) is 172 Å². The van der Waals surface area contributed by atoms with E-state index in [1.807, 2.05) is 0 Å². The fourth-order valence-electron chi connectivity index (χ4n) is 6.33. The van der Waals surface area contributed by atoms with Crippen LogP contribution in [0.25, 0.3) is 22.3 Å². The van der Waals surface area contributed by atoms with Crippen LogP contribution in [0.1, 0.15) is 6.92 Å². The first kappa shape index (κ1) is 39.8. The molecule has 3 aliphatic heterocycles. The normalized spacial score (nSPS) is 37.3. The first-order valence-electron chi connectivity index (χ1n) is 16.5. The van der Waals surface area contributed by atoms with Gasteiger partial charge in [0.15, 0.2) is 23.5 Å². The monoisotopic (exact) mass is 772 g/mol. The molecule has 3 saturated heterocycles. The molecule has 0 radical (unpaired) electrons. The van der Waals surface area contributed by atoms with E-state index in [1.54, 1.807) is 0 Å². The van der Waals surface area contributed by atoms with E-state index in [1.165, 1.54) is 13.0 Å². The van der Waals surface area contributed by atoms with E-state index in [0.29, 0.717) is 0 Å². The van der Waals surface area contributed by atoms with Crippen LogP contribution >= 0.6 is 0 Å². The molecule has 15 atom stereocenters. The quantitative estimate of drug-likeness (QED) is 0.0917. The highest BCUT2D eigenvalue weighted by atomic mass is 16.7. The lowest BCUT2D eigenvalue weighted by molar-refractivity contribution is -0.348. The number of phenols is 3. The Morgan fingerprint density at radius 3 is 1.81 bits per heavy atom. The fourth-order valence-corrected chi connectivity index (χ4v) is 6.33. The molecule has 0 saturated carbocycles. The van der Waals surface area contributed by atoms with Gasteiger partial charge in [0.1, 0.15) is 89.6 Å². The van der Waals surface area contributed by atoms with Gasteiger partial charge in [-0.15, -0.1) is 0 Å². The van der Waals surface area contributed by atoms with Crippen LogP contribution in [0.3, 0.4) is 0 Å². The Morgan fingerprint density at radius 2 is 1.20 bits per heavy atom. The minimum atomic E-state index is -1.97. The zero-order valence-electron chi connectivity index (χ0n) is 28.0. The minimum Gasteiger partial charge on any atom is -0.507 e. The second kappa shape index (κ2) is 15.7. The van der Waals surface area contributed by atoms with E-state index in [4.69, 9.17) is 32.8 Å². The summed E-state index contributed by atoms with van der Waals surface area (Å²) in [6.45, 7) is -0.166. The van der Waals surface area contributed by atoms with E-state index in [-0.39, 0.29) is 16.9 Å². The highest BCUT2D eigenvalue weighted by Gasteiger charge is 2.50. The highest BCUT2D eigenvalue weighted by molar-refractivity contribution is 5.88. The summed E-state index contributed by atoms with van der Waals surface area (Å²) < 4.78 is 39.3. The van der Waals surface area contributed by atoms with Gasteiger partial charge < -0.3 is 99.2 Å². The summed E-state index contributed by atoms with van der Waals surface area (Å²) in [6, 6.07) is 5.25. The number of fused-ring (bicyclic) bond motifs is 1. The van der Waals surface area contributed by atoms with Crippen molar-refractivity contribution in [2.45, 2.75) is 99.0 Å². The van der Waals surface area contributed by atoms with Gasteiger partial charge in [-0.25, -0.2) is 0 Å². The van der Waals surface area contributed by atoms with Crippen molar-refractivity contribution in [3.63, 3.8) is 0 Å². The second-order valence-electron chi connectivity index (χ2n) is 13.0. The number of hydrogen-bond acceptors (Lipinski definition) is 21. The van der Waals surface area contributed by atoms with Crippen molar-refractivity contribution >= 4 is 11.0 Å². The van der Waals surface area contributed by atoms with Gasteiger partial charge in [-0.1, -0.05) is 0 Å². The number of aromatic hydroxyl groups is 3.